The molecule has 1 saturated carbocycles. The predicted octanol–water partition coefficient (Wildman–Crippen LogP) is 4.60. The van der Waals surface area contributed by atoms with Crippen molar-refractivity contribution in [1.82, 2.24) is 14.7 Å². The second-order valence-electron chi connectivity index (χ2n) is 10.4. The maximum absolute atomic E-state index is 6.09. The van der Waals surface area contributed by atoms with Crippen molar-refractivity contribution < 1.29 is 23.7 Å². The summed E-state index contributed by atoms with van der Waals surface area (Å²) >= 11 is 0. The van der Waals surface area contributed by atoms with Gasteiger partial charge < -0.3 is 28.6 Å². The van der Waals surface area contributed by atoms with Gasteiger partial charge in [0.15, 0.2) is 0 Å². The average molecular weight is 509 g/mol. The molecule has 1 atom stereocenters. The topological polar surface area (TPSA) is 67.2 Å². The Balaban J connectivity index is 1.65. The Morgan fingerprint density at radius 3 is 2.19 bits per heavy atom. The quantitative estimate of drug-likeness (QED) is 0.285. The van der Waals surface area contributed by atoms with E-state index in [2.05, 4.69) is 29.7 Å². The molecule has 3 rings (SSSR count). The number of nitrogens with zero attached hydrogens (tertiary/aromatic N) is 3. The maximum Gasteiger partial charge on any atom is 0.150 e. The molecule has 36 heavy (non-hydrogen) atoms. The molecule has 1 radical (unpaired) electrons. The van der Waals surface area contributed by atoms with Gasteiger partial charge in [0.1, 0.15) is 6.23 Å². The van der Waals surface area contributed by atoms with Crippen LogP contribution in [0.3, 0.4) is 0 Å². The summed E-state index contributed by atoms with van der Waals surface area (Å²) in [7, 11) is 2.12. The fourth-order valence-electron chi connectivity index (χ4n) is 5.29. The van der Waals surface area contributed by atoms with E-state index in [1.54, 1.807) is 0 Å². The van der Waals surface area contributed by atoms with Gasteiger partial charge in [-0.2, -0.15) is 5.10 Å². The lowest BCUT2D eigenvalue weighted by Gasteiger charge is -2.39. The van der Waals surface area contributed by atoms with Gasteiger partial charge in [-0.1, -0.05) is 0 Å². The van der Waals surface area contributed by atoms with Crippen LogP contribution in [0.2, 0.25) is 0 Å². The van der Waals surface area contributed by atoms with Crippen LogP contribution in [0, 0.1) is 12.3 Å². The molecule has 1 aliphatic carbocycles. The van der Waals surface area contributed by atoms with Gasteiger partial charge in [0, 0.05) is 49.5 Å². The molecule has 0 bridgehead atoms. The molecule has 8 heteroatoms. The van der Waals surface area contributed by atoms with Crippen LogP contribution >= 0.6 is 0 Å². The third-order valence-corrected chi connectivity index (χ3v) is 7.51. The smallest absolute Gasteiger partial charge is 0.150 e. The lowest BCUT2D eigenvalue weighted by molar-refractivity contribution is -0.0630. The van der Waals surface area contributed by atoms with Gasteiger partial charge in [-0.15, -0.1) is 0 Å². The summed E-state index contributed by atoms with van der Waals surface area (Å²) in [5.41, 5.74) is 2.59. The maximum atomic E-state index is 6.09. The largest absolute Gasteiger partial charge is 0.379 e. The van der Waals surface area contributed by atoms with Gasteiger partial charge in [0.05, 0.1) is 45.3 Å². The van der Waals surface area contributed by atoms with Crippen LogP contribution in [-0.4, -0.2) is 87.7 Å². The Hall–Kier alpha value is -1.03. The van der Waals surface area contributed by atoms with E-state index in [0.717, 1.165) is 71.4 Å². The minimum atomic E-state index is 0.0360. The first kappa shape index (κ1) is 29.5. The van der Waals surface area contributed by atoms with E-state index in [9.17, 15) is 0 Å². The number of ether oxygens (including phenoxy) is 5. The number of hydrogen-bond donors (Lipinski definition) is 0. The molecule has 0 spiro atoms. The Kier molecular flexibility index (Phi) is 13.2. The number of aromatic nitrogens is 2. The Morgan fingerprint density at radius 2 is 1.64 bits per heavy atom. The normalized spacial score (nSPS) is 20.9. The molecule has 2 heterocycles. The minimum Gasteiger partial charge on any atom is -0.379 e. The standard InChI is InChI=1S/C28H50N3O5/c1-5-30(4)20-25-21-31(26-10-8-9-15-36-26)29-27(25)24-11-13-28(14-12-24,22-34-18-16-32-6-2)23-35-19-17-33-7-3/h21,24,26H,1,5-20,22-23H2,2-4H3. The Bertz CT molecular complexity index is 698. The van der Waals surface area contributed by atoms with Gasteiger partial charge in [0.25, 0.3) is 0 Å². The van der Waals surface area contributed by atoms with Crippen LogP contribution in [0.4, 0.5) is 0 Å². The summed E-state index contributed by atoms with van der Waals surface area (Å²) < 4.78 is 31.2. The molecule has 1 saturated heterocycles. The van der Waals surface area contributed by atoms with E-state index in [1.807, 2.05) is 13.8 Å². The summed E-state index contributed by atoms with van der Waals surface area (Å²) in [5.74, 6) is 0.447. The highest BCUT2D eigenvalue weighted by atomic mass is 16.5. The van der Waals surface area contributed by atoms with Crippen molar-refractivity contribution in [3.05, 3.63) is 24.4 Å². The summed E-state index contributed by atoms with van der Waals surface area (Å²) in [4.78, 5) is 2.25. The molecule has 1 aromatic heterocycles. The summed E-state index contributed by atoms with van der Waals surface area (Å²) in [6, 6.07) is 0. The number of rotatable bonds is 17. The second-order valence-corrected chi connectivity index (χ2v) is 10.4. The lowest BCUT2D eigenvalue weighted by atomic mass is 9.70. The van der Waals surface area contributed by atoms with Crippen LogP contribution in [0.25, 0.3) is 0 Å². The van der Waals surface area contributed by atoms with Crippen molar-refractivity contribution >= 4 is 0 Å². The third kappa shape index (κ3) is 9.07. The average Bonchev–Trinajstić information content (AvgIpc) is 3.33. The van der Waals surface area contributed by atoms with Crippen molar-refractivity contribution in [1.29, 1.82) is 0 Å². The Morgan fingerprint density at radius 1 is 1.00 bits per heavy atom. The molecule has 2 fully saturated rings. The Labute approximate surface area is 218 Å². The summed E-state index contributed by atoms with van der Waals surface area (Å²) in [5, 5.41) is 5.13. The van der Waals surface area contributed by atoms with Gasteiger partial charge in [-0.25, -0.2) is 4.68 Å². The van der Waals surface area contributed by atoms with Crippen LogP contribution in [0.1, 0.15) is 82.2 Å². The van der Waals surface area contributed by atoms with E-state index >= 15 is 0 Å². The molecule has 0 amide bonds. The van der Waals surface area contributed by atoms with Crippen molar-refractivity contribution in [3.63, 3.8) is 0 Å². The second kappa shape index (κ2) is 16.0. The van der Waals surface area contributed by atoms with E-state index in [4.69, 9.17) is 28.8 Å². The van der Waals surface area contributed by atoms with Crippen LogP contribution in [-0.2, 0) is 30.2 Å². The van der Waals surface area contributed by atoms with Crippen LogP contribution < -0.4 is 0 Å². The predicted molar refractivity (Wildman–Crippen MR) is 141 cm³/mol. The molecular weight excluding hydrogens is 458 g/mol. The molecule has 2 aliphatic rings. The van der Waals surface area contributed by atoms with Crippen molar-refractivity contribution in [2.75, 3.05) is 73.1 Å². The summed E-state index contributed by atoms with van der Waals surface area (Å²) in [6.45, 7) is 16.0. The highest BCUT2D eigenvalue weighted by molar-refractivity contribution is 5.22. The molecule has 0 N–H and O–H groups in total. The van der Waals surface area contributed by atoms with Crippen molar-refractivity contribution in [3.8, 4) is 0 Å². The van der Waals surface area contributed by atoms with E-state index in [1.165, 1.54) is 17.7 Å². The third-order valence-electron chi connectivity index (χ3n) is 7.51. The molecule has 1 unspecified atom stereocenters. The van der Waals surface area contributed by atoms with Gasteiger partial charge in [-0.3, -0.25) is 0 Å². The van der Waals surface area contributed by atoms with Gasteiger partial charge >= 0.3 is 0 Å². The van der Waals surface area contributed by atoms with Crippen molar-refractivity contribution in [2.45, 2.75) is 77.5 Å². The first-order chi connectivity index (χ1) is 17.6. The number of hydrogen-bond acceptors (Lipinski definition) is 7. The lowest BCUT2D eigenvalue weighted by Crippen LogP contribution is -2.37. The molecule has 207 valence electrons. The molecule has 1 aliphatic heterocycles. The van der Waals surface area contributed by atoms with Crippen LogP contribution in [0.15, 0.2) is 6.20 Å². The van der Waals surface area contributed by atoms with Gasteiger partial charge in [-0.05, 0) is 79.3 Å². The van der Waals surface area contributed by atoms with Crippen molar-refractivity contribution in [2.24, 2.45) is 5.41 Å². The molecule has 8 nitrogen and oxygen atoms in total. The highest BCUT2D eigenvalue weighted by Gasteiger charge is 2.38. The van der Waals surface area contributed by atoms with Gasteiger partial charge in [0.2, 0.25) is 0 Å². The van der Waals surface area contributed by atoms with E-state index in [0.29, 0.717) is 45.6 Å². The fourth-order valence-corrected chi connectivity index (χ4v) is 5.29. The van der Waals surface area contributed by atoms with E-state index in [-0.39, 0.29) is 11.6 Å². The monoisotopic (exact) mass is 508 g/mol. The van der Waals surface area contributed by atoms with Crippen LogP contribution in [0.5, 0.6) is 0 Å². The molecule has 1 aromatic rings. The summed E-state index contributed by atoms with van der Waals surface area (Å²) in [6.07, 6.45) is 10.00. The first-order valence-corrected chi connectivity index (χ1v) is 14.1. The zero-order valence-corrected chi connectivity index (χ0v) is 23.0. The van der Waals surface area contributed by atoms with E-state index < -0.39 is 0 Å². The minimum absolute atomic E-state index is 0.0360. The molecular formula is C28H50N3O5. The highest BCUT2D eigenvalue weighted by Crippen LogP contribution is 2.44. The SMILES string of the molecule is [CH2]CN(C)Cc1cn(C2CCCCO2)nc1C1CCC(COCCOCC)(COCCOCC)CC1. The molecule has 0 aromatic carbocycles. The zero-order chi connectivity index (χ0) is 25.6. The first-order valence-electron chi connectivity index (χ1n) is 14.1. The zero-order valence-electron chi connectivity index (χ0n) is 23.0. The fraction of sp³-hybridized carbons (Fsp3) is 0.857.